The lowest BCUT2D eigenvalue weighted by atomic mass is 10.2. The van der Waals surface area contributed by atoms with Crippen LogP contribution in [-0.2, 0) is 4.79 Å². The fraction of sp³-hybridized carbons (Fsp3) is 0.111. The molecule has 14 heavy (non-hydrogen) atoms. The van der Waals surface area contributed by atoms with Crippen molar-refractivity contribution in [3.8, 4) is 0 Å². The van der Waals surface area contributed by atoms with Crippen LogP contribution in [0.15, 0.2) is 18.2 Å². The van der Waals surface area contributed by atoms with Gasteiger partial charge in [-0.2, -0.15) is 0 Å². The second kappa shape index (κ2) is 3.31. The average molecular weight is 210 g/mol. The average Bonchev–Trinajstić information content (AvgIpc) is 2.45. The summed E-state index contributed by atoms with van der Waals surface area (Å²) in [6.07, 6.45) is 0. The minimum absolute atomic E-state index is 0.128. The van der Waals surface area contributed by atoms with Crippen molar-refractivity contribution in [2.75, 3.05) is 5.32 Å². The van der Waals surface area contributed by atoms with Crippen molar-refractivity contribution in [2.24, 2.45) is 0 Å². The molecule has 1 heterocycles. The number of aromatic nitrogens is 2. The quantitative estimate of drug-likeness (QED) is 0.756. The fourth-order valence-electron chi connectivity index (χ4n) is 1.29. The van der Waals surface area contributed by atoms with Gasteiger partial charge >= 0.3 is 0 Å². The Labute approximate surface area is 85.3 Å². The van der Waals surface area contributed by atoms with E-state index in [2.05, 4.69) is 15.3 Å². The maximum absolute atomic E-state index is 10.9. The van der Waals surface area contributed by atoms with Gasteiger partial charge < -0.3 is 10.3 Å². The van der Waals surface area contributed by atoms with Gasteiger partial charge in [0.15, 0.2) is 0 Å². The molecule has 1 aromatic carbocycles. The van der Waals surface area contributed by atoms with E-state index in [9.17, 15) is 4.79 Å². The maximum Gasteiger partial charge on any atom is 0.221 e. The molecule has 0 fully saturated rings. The normalized spacial score (nSPS) is 10.4. The predicted molar refractivity (Wildman–Crippen MR) is 55.4 cm³/mol. The molecular formula is C9H8ClN3O. The molecule has 0 aliphatic rings. The molecular weight excluding hydrogens is 202 g/mol. The highest BCUT2D eigenvalue weighted by atomic mass is 35.5. The van der Waals surface area contributed by atoms with Gasteiger partial charge in [-0.3, -0.25) is 4.79 Å². The van der Waals surface area contributed by atoms with Gasteiger partial charge in [0.05, 0.1) is 11.2 Å². The number of carbonyl (C=O) groups excluding carboxylic acids is 1. The van der Waals surface area contributed by atoms with Crippen LogP contribution in [0, 0.1) is 0 Å². The molecule has 4 nitrogen and oxygen atoms in total. The van der Waals surface area contributed by atoms with Crippen molar-refractivity contribution < 1.29 is 4.79 Å². The lowest BCUT2D eigenvalue weighted by Gasteiger charge is -2.01. The zero-order chi connectivity index (χ0) is 10.1. The Hall–Kier alpha value is -1.55. The third-order valence-electron chi connectivity index (χ3n) is 1.79. The third-order valence-corrected chi connectivity index (χ3v) is 1.97. The number of aromatic amines is 1. The first-order valence-corrected chi connectivity index (χ1v) is 4.46. The van der Waals surface area contributed by atoms with Crippen molar-refractivity contribution in [1.29, 1.82) is 0 Å². The third kappa shape index (κ3) is 1.56. The second-order valence-corrected chi connectivity index (χ2v) is 3.27. The zero-order valence-corrected chi connectivity index (χ0v) is 8.22. The van der Waals surface area contributed by atoms with E-state index in [-0.39, 0.29) is 5.91 Å². The number of hydrogen-bond acceptors (Lipinski definition) is 2. The summed E-state index contributed by atoms with van der Waals surface area (Å²) >= 11 is 5.71. The summed E-state index contributed by atoms with van der Waals surface area (Å²) in [6, 6.07) is 5.45. The van der Waals surface area contributed by atoms with Gasteiger partial charge in [-0.05, 0) is 23.7 Å². The van der Waals surface area contributed by atoms with Crippen molar-refractivity contribution in [2.45, 2.75) is 6.92 Å². The topological polar surface area (TPSA) is 57.8 Å². The maximum atomic E-state index is 10.9. The molecule has 0 spiro atoms. The summed E-state index contributed by atoms with van der Waals surface area (Å²) in [5.41, 5.74) is 2.15. The summed E-state index contributed by atoms with van der Waals surface area (Å²) in [4.78, 5) is 17.8. The van der Waals surface area contributed by atoms with Crippen LogP contribution in [0.25, 0.3) is 11.0 Å². The van der Waals surface area contributed by atoms with Crippen LogP contribution < -0.4 is 5.32 Å². The zero-order valence-electron chi connectivity index (χ0n) is 7.47. The Morgan fingerprint density at radius 1 is 1.57 bits per heavy atom. The number of rotatable bonds is 1. The van der Waals surface area contributed by atoms with Crippen molar-refractivity contribution >= 4 is 34.2 Å². The van der Waals surface area contributed by atoms with Gasteiger partial charge in [-0.1, -0.05) is 6.07 Å². The number of benzene rings is 1. The molecule has 2 aromatic rings. The number of H-pyrrole nitrogens is 1. The number of anilines is 1. The Morgan fingerprint density at radius 3 is 3.07 bits per heavy atom. The number of carbonyl (C=O) groups is 1. The van der Waals surface area contributed by atoms with Gasteiger partial charge in [-0.15, -0.1) is 0 Å². The van der Waals surface area contributed by atoms with Crippen LogP contribution >= 0.6 is 11.6 Å². The van der Waals surface area contributed by atoms with Crippen LogP contribution in [-0.4, -0.2) is 15.9 Å². The first-order valence-electron chi connectivity index (χ1n) is 4.08. The Bertz CT molecular complexity index is 492. The molecule has 0 aliphatic heterocycles. The first-order chi connectivity index (χ1) is 6.66. The highest BCUT2D eigenvalue weighted by Gasteiger charge is 2.06. The molecule has 0 unspecified atom stereocenters. The molecule has 0 atom stereocenters. The summed E-state index contributed by atoms with van der Waals surface area (Å²) in [6.45, 7) is 1.45. The second-order valence-electron chi connectivity index (χ2n) is 2.91. The monoisotopic (exact) mass is 209 g/mol. The number of nitrogens with zero attached hydrogens (tertiary/aromatic N) is 1. The predicted octanol–water partition coefficient (Wildman–Crippen LogP) is 2.17. The van der Waals surface area contributed by atoms with Crippen LogP contribution in [0.3, 0.4) is 0 Å². The molecule has 72 valence electrons. The molecule has 0 saturated heterocycles. The number of halogens is 1. The Morgan fingerprint density at radius 2 is 2.36 bits per heavy atom. The number of fused-ring (bicyclic) bond motifs is 1. The number of nitrogens with one attached hydrogen (secondary N) is 2. The van der Waals surface area contributed by atoms with Crippen LogP contribution in [0.2, 0.25) is 5.28 Å². The summed E-state index contributed by atoms with van der Waals surface area (Å²) in [5.74, 6) is -0.128. The minimum Gasteiger partial charge on any atom is -0.329 e. The largest absolute Gasteiger partial charge is 0.329 e. The number of hydrogen-bond donors (Lipinski definition) is 2. The summed E-state index contributed by atoms with van der Waals surface area (Å²) < 4.78 is 0. The Kier molecular flexibility index (Phi) is 2.13. The molecule has 1 aromatic heterocycles. The lowest BCUT2D eigenvalue weighted by Crippen LogP contribution is -2.05. The SMILES string of the molecule is CC(=O)Nc1cccc2[nH]c(Cl)nc12. The van der Waals surface area contributed by atoms with Gasteiger partial charge in [0.2, 0.25) is 11.2 Å². The van der Waals surface area contributed by atoms with Gasteiger partial charge in [0, 0.05) is 6.92 Å². The van der Waals surface area contributed by atoms with E-state index in [0.717, 1.165) is 5.52 Å². The highest BCUT2D eigenvalue weighted by Crippen LogP contribution is 2.22. The van der Waals surface area contributed by atoms with E-state index >= 15 is 0 Å². The fourth-order valence-corrected chi connectivity index (χ4v) is 1.48. The number of para-hydroxylation sites is 1. The van der Waals surface area contributed by atoms with E-state index < -0.39 is 0 Å². The minimum atomic E-state index is -0.128. The van der Waals surface area contributed by atoms with Crippen molar-refractivity contribution in [3.63, 3.8) is 0 Å². The van der Waals surface area contributed by atoms with Crippen molar-refractivity contribution in [1.82, 2.24) is 9.97 Å². The molecule has 0 radical (unpaired) electrons. The van der Waals surface area contributed by atoms with Crippen molar-refractivity contribution in [3.05, 3.63) is 23.5 Å². The number of amides is 1. The standard InChI is InChI=1S/C9H8ClN3O/c1-5(14)11-6-3-2-4-7-8(6)13-9(10)12-7/h2-4H,1H3,(H,11,14)(H,12,13). The Balaban J connectivity index is 2.58. The molecule has 2 N–H and O–H groups in total. The van der Waals surface area contributed by atoms with Crippen LogP contribution in [0.5, 0.6) is 0 Å². The number of imidazole rings is 1. The molecule has 1 amide bonds. The first kappa shape index (κ1) is 9.02. The van der Waals surface area contributed by atoms with Gasteiger partial charge in [0.1, 0.15) is 5.52 Å². The molecule has 0 aliphatic carbocycles. The summed E-state index contributed by atoms with van der Waals surface area (Å²) in [7, 11) is 0. The molecule has 5 heteroatoms. The molecule has 2 rings (SSSR count). The van der Waals surface area contributed by atoms with Crippen LogP contribution in [0.4, 0.5) is 5.69 Å². The van der Waals surface area contributed by atoms with Gasteiger partial charge in [-0.25, -0.2) is 4.98 Å². The van der Waals surface area contributed by atoms with E-state index in [4.69, 9.17) is 11.6 Å². The van der Waals surface area contributed by atoms with E-state index in [1.807, 2.05) is 12.1 Å². The smallest absolute Gasteiger partial charge is 0.221 e. The van der Waals surface area contributed by atoms with E-state index in [1.165, 1.54) is 6.92 Å². The molecule has 0 bridgehead atoms. The highest BCUT2D eigenvalue weighted by molar-refractivity contribution is 6.29. The van der Waals surface area contributed by atoms with E-state index in [0.29, 0.717) is 16.5 Å². The molecule has 0 saturated carbocycles. The summed E-state index contributed by atoms with van der Waals surface area (Å²) in [5, 5.41) is 3.00. The lowest BCUT2D eigenvalue weighted by molar-refractivity contribution is -0.114. The van der Waals surface area contributed by atoms with Gasteiger partial charge in [0.25, 0.3) is 0 Å². The van der Waals surface area contributed by atoms with Crippen LogP contribution in [0.1, 0.15) is 6.92 Å². The van der Waals surface area contributed by atoms with E-state index in [1.54, 1.807) is 6.07 Å².